The molecular formula is C5H12NP. The van der Waals surface area contributed by atoms with Crippen molar-refractivity contribution in [1.82, 2.24) is 5.09 Å². The van der Waals surface area contributed by atoms with Gasteiger partial charge in [0.1, 0.15) is 0 Å². The Labute approximate surface area is 46.3 Å². The largest absolute Gasteiger partial charge is 0.289 e. The molecule has 0 radical (unpaired) electrons. The number of rotatable bonds is 3. The predicted molar refractivity (Wildman–Crippen MR) is 34.7 cm³/mol. The topological polar surface area (TPSA) is 21.9 Å². The maximum Gasteiger partial charge on any atom is 0.0324 e. The van der Waals surface area contributed by atoms with Crippen LogP contribution in [0.4, 0.5) is 0 Å². The third kappa shape index (κ3) is 2.25. The van der Waals surface area contributed by atoms with Crippen LogP contribution in [0.5, 0.6) is 0 Å². The molecule has 0 amide bonds. The van der Waals surface area contributed by atoms with Gasteiger partial charge in [-0.2, -0.15) is 0 Å². The van der Waals surface area contributed by atoms with Gasteiger partial charge >= 0.3 is 0 Å². The van der Waals surface area contributed by atoms with E-state index in [1.54, 1.807) is 0 Å². The van der Waals surface area contributed by atoms with Crippen LogP contribution in [0, 0.1) is 0 Å². The summed E-state index contributed by atoms with van der Waals surface area (Å²) < 4.78 is 0. The summed E-state index contributed by atoms with van der Waals surface area (Å²) in [7, 11) is 0.394. The predicted octanol–water partition coefficient (Wildman–Crippen LogP) is 1.74. The van der Waals surface area contributed by atoms with E-state index in [-0.39, 0.29) is 0 Å². The molecule has 0 bridgehead atoms. The molecule has 0 aliphatic carbocycles. The summed E-state index contributed by atoms with van der Waals surface area (Å²) in [5, 5.41) is 3.33. The van der Waals surface area contributed by atoms with Gasteiger partial charge in [-0.15, -0.1) is 0 Å². The molecule has 1 heterocycles. The van der Waals surface area contributed by atoms with Crippen LogP contribution in [0.3, 0.4) is 0 Å². The molecule has 1 fully saturated rings. The third-order valence-corrected chi connectivity index (χ3v) is 2.78. The van der Waals surface area contributed by atoms with Crippen molar-refractivity contribution >= 4 is 8.07 Å². The molecule has 1 nitrogen and oxygen atoms in total. The molecule has 0 aromatic rings. The number of hydrogen-bond acceptors (Lipinski definition) is 1. The highest BCUT2D eigenvalue weighted by atomic mass is 31.1. The Morgan fingerprint density at radius 2 is 2.43 bits per heavy atom. The average Bonchev–Trinajstić information content (AvgIpc) is 2.42. The van der Waals surface area contributed by atoms with E-state index in [1.807, 2.05) is 0 Å². The van der Waals surface area contributed by atoms with Crippen LogP contribution in [-0.2, 0) is 0 Å². The summed E-state index contributed by atoms with van der Waals surface area (Å²) in [6.07, 6.45) is 5.60. The van der Waals surface area contributed by atoms with Crippen molar-refractivity contribution in [2.24, 2.45) is 0 Å². The molecule has 1 N–H and O–H groups in total. The molecule has 0 aromatic carbocycles. The summed E-state index contributed by atoms with van der Waals surface area (Å²) in [5.74, 6) is 0. The van der Waals surface area contributed by atoms with Crippen LogP contribution >= 0.6 is 8.07 Å². The molecule has 2 heteroatoms. The first-order valence-corrected chi connectivity index (χ1v) is 4.63. The summed E-state index contributed by atoms with van der Waals surface area (Å²) in [5.41, 5.74) is 0. The first-order chi connectivity index (χ1) is 3.43. The number of hydrogen-bond donors (Lipinski definition) is 1. The van der Waals surface area contributed by atoms with Gasteiger partial charge in [-0.3, -0.25) is 5.09 Å². The lowest BCUT2D eigenvalue weighted by atomic mass is 10.4. The minimum Gasteiger partial charge on any atom is -0.289 e. The molecule has 1 saturated heterocycles. The van der Waals surface area contributed by atoms with E-state index in [1.165, 1.54) is 25.3 Å². The Hall–Kier alpha value is 0.390. The maximum atomic E-state index is 3.33. The Kier molecular flexibility index (Phi) is 2.08. The molecule has 0 spiro atoms. The van der Waals surface area contributed by atoms with Crippen LogP contribution in [0.15, 0.2) is 0 Å². The molecule has 0 saturated carbocycles. The van der Waals surface area contributed by atoms with Crippen molar-refractivity contribution in [3.8, 4) is 0 Å². The fourth-order valence-corrected chi connectivity index (χ4v) is 1.97. The van der Waals surface area contributed by atoms with E-state index in [2.05, 4.69) is 12.0 Å². The normalized spacial score (nSPS) is 27.9. The van der Waals surface area contributed by atoms with Crippen LogP contribution in [0.2, 0.25) is 0 Å². The first kappa shape index (κ1) is 5.53. The molecule has 1 aliphatic rings. The van der Waals surface area contributed by atoms with E-state index in [0.29, 0.717) is 8.07 Å². The minimum absolute atomic E-state index is 0.394. The quantitative estimate of drug-likeness (QED) is 0.441. The molecular weight excluding hydrogens is 105 g/mol. The molecule has 1 rings (SSSR count). The van der Waals surface area contributed by atoms with E-state index < -0.39 is 0 Å². The summed E-state index contributed by atoms with van der Waals surface area (Å²) in [6.45, 7) is 2.25. The van der Waals surface area contributed by atoms with Gasteiger partial charge < -0.3 is 0 Å². The highest BCUT2D eigenvalue weighted by Crippen LogP contribution is 2.42. The van der Waals surface area contributed by atoms with Gasteiger partial charge in [0.2, 0.25) is 0 Å². The third-order valence-electron chi connectivity index (χ3n) is 1.16. The van der Waals surface area contributed by atoms with Crippen molar-refractivity contribution in [2.45, 2.75) is 19.8 Å². The Balaban J connectivity index is 1.80. The fraction of sp³-hybridized carbons (Fsp3) is 1.00. The van der Waals surface area contributed by atoms with Gasteiger partial charge in [0, 0.05) is 6.29 Å². The Bertz CT molecular complexity index is 52.0. The SMILES string of the molecule is CCCCP1CN1. The van der Waals surface area contributed by atoms with Gasteiger partial charge in [0.25, 0.3) is 0 Å². The summed E-state index contributed by atoms with van der Waals surface area (Å²) >= 11 is 0. The molecule has 1 atom stereocenters. The standard InChI is InChI=1S/C5H12NP/c1-2-3-4-7-5-6-7/h6H,2-5H2,1H3. The van der Waals surface area contributed by atoms with E-state index in [4.69, 9.17) is 0 Å². The van der Waals surface area contributed by atoms with Crippen molar-refractivity contribution in [3.63, 3.8) is 0 Å². The molecule has 1 unspecified atom stereocenters. The van der Waals surface area contributed by atoms with Crippen LogP contribution in [0.1, 0.15) is 19.8 Å². The Morgan fingerprint density at radius 3 is 2.86 bits per heavy atom. The van der Waals surface area contributed by atoms with Gasteiger partial charge in [0.05, 0.1) is 0 Å². The zero-order valence-electron chi connectivity index (χ0n) is 4.78. The van der Waals surface area contributed by atoms with Crippen molar-refractivity contribution in [3.05, 3.63) is 0 Å². The van der Waals surface area contributed by atoms with Crippen LogP contribution in [-0.4, -0.2) is 12.4 Å². The summed E-state index contributed by atoms with van der Waals surface area (Å²) in [6, 6.07) is 0. The fourth-order valence-electron chi connectivity index (χ4n) is 0.557. The molecule has 1 aliphatic heterocycles. The number of unbranched alkanes of at least 4 members (excludes halogenated alkanes) is 1. The molecule has 7 heavy (non-hydrogen) atoms. The Morgan fingerprint density at radius 1 is 1.71 bits per heavy atom. The van der Waals surface area contributed by atoms with Gasteiger partial charge in [-0.25, -0.2) is 0 Å². The summed E-state index contributed by atoms with van der Waals surface area (Å²) in [4.78, 5) is 0. The number of nitrogens with one attached hydrogen (secondary N) is 1. The first-order valence-electron chi connectivity index (χ1n) is 2.92. The van der Waals surface area contributed by atoms with Gasteiger partial charge in [-0.1, -0.05) is 13.3 Å². The lowest BCUT2D eigenvalue weighted by molar-refractivity contribution is 0.893. The van der Waals surface area contributed by atoms with E-state index in [9.17, 15) is 0 Å². The van der Waals surface area contributed by atoms with Gasteiger partial charge in [0.15, 0.2) is 0 Å². The smallest absolute Gasteiger partial charge is 0.0324 e. The van der Waals surface area contributed by atoms with Crippen LogP contribution in [0.25, 0.3) is 0 Å². The second kappa shape index (κ2) is 2.64. The highest BCUT2D eigenvalue weighted by molar-refractivity contribution is 7.62. The second-order valence-electron chi connectivity index (χ2n) is 1.93. The monoisotopic (exact) mass is 117 g/mol. The average molecular weight is 117 g/mol. The second-order valence-corrected chi connectivity index (χ2v) is 4.09. The molecule has 42 valence electrons. The molecule has 0 aromatic heterocycles. The van der Waals surface area contributed by atoms with Crippen molar-refractivity contribution in [2.75, 3.05) is 12.4 Å². The zero-order valence-corrected chi connectivity index (χ0v) is 5.67. The van der Waals surface area contributed by atoms with Crippen molar-refractivity contribution < 1.29 is 0 Å². The van der Waals surface area contributed by atoms with Crippen LogP contribution < -0.4 is 5.09 Å². The van der Waals surface area contributed by atoms with E-state index in [0.717, 1.165) is 0 Å². The van der Waals surface area contributed by atoms with E-state index >= 15 is 0 Å². The lowest BCUT2D eigenvalue weighted by Crippen LogP contribution is -1.72. The highest BCUT2D eigenvalue weighted by Gasteiger charge is 2.17. The minimum atomic E-state index is 0.394. The van der Waals surface area contributed by atoms with Crippen molar-refractivity contribution in [1.29, 1.82) is 0 Å². The lowest BCUT2D eigenvalue weighted by Gasteiger charge is -1.88. The zero-order chi connectivity index (χ0) is 5.11. The van der Waals surface area contributed by atoms with Gasteiger partial charge in [-0.05, 0) is 20.7 Å². The maximum absolute atomic E-state index is 3.33.